The predicted molar refractivity (Wildman–Crippen MR) is 74.4 cm³/mol. The summed E-state index contributed by atoms with van der Waals surface area (Å²) in [7, 11) is 0. The van der Waals surface area contributed by atoms with Gasteiger partial charge in [-0.3, -0.25) is 19.9 Å². The number of anilines is 2. The molecule has 0 aliphatic carbocycles. The third kappa shape index (κ3) is 2.94. The van der Waals surface area contributed by atoms with Crippen LogP contribution in [0.5, 0.6) is 0 Å². The van der Waals surface area contributed by atoms with E-state index in [0.29, 0.717) is 17.4 Å². The first-order valence-corrected chi connectivity index (χ1v) is 5.86. The van der Waals surface area contributed by atoms with Crippen molar-refractivity contribution >= 4 is 23.0 Å². The number of benzene rings is 1. The van der Waals surface area contributed by atoms with Crippen LogP contribution in [0, 0.1) is 22.9 Å². The number of nitrogens with two attached hydrogens (primary N) is 1. The van der Waals surface area contributed by atoms with Gasteiger partial charge < -0.3 is 11.1 Å². The molecule has 0 aliphatic rings. The third-order valence-corrected chi connectivity index (χ3v) is 2.81. The first kappa shape index (κ1) is 14.4. The number of halogens is 1. The minimum absolute atomic E-state index is 0.317. The lowest BCUT2D eigenvalue weighted by atomic mass is 10.1. The van der Waals surface area contributed by atoms with Crippen LogP contribution in [0.2, 0.25) is 0 Å². The lowest BCUT2D eigenvalue weighted by molar-refractivity contribution is -0.385. The first-order chi connectivity index (χ1) is 9.90. The molecule has 108 valence electrons. The van der Waals surface area contributed by atoms with Crippen LogP contribution in [0.1, 0.15) is 16.1 Å². The Labute approximate surface area is 118 Å². The van der Waals surface area contributed by atoms with E-state index in [4.69, 9.17) is 5.73 Å². The number of pyridine rings is 1. The van der Waals surface area contributed by atoms with Crippen molar-refractivity contribution in [3.63, 3.8) is 0 Å². The maximum Gasteiger partial charge on any atom is 0.285 e. The molecule has 0 saturated carbocycles. The molecule has 7 nitrogen and oxygen atoms in total. The minimum Gasteiger partial charge on any atom is -0.396 e. The van der Waals surface area contributed by atoms with Gasteiger partial charge in [-0.1, -0.05) is 0 Å². The molecule has 0 bridgehead atoms. The van der Waals surface area contributed by atoms with E-state index in [1.165, 1.54) is 0 Å². The summed E-state index contributed by atoms with van der Waals surface area (Å²) in [4.78, 5) is 26.2. The summed E-state index contributed by atoms with van der Waals surface area (Å²) in [5.74, 6) is -1.71. The Hall–Kier alpha value is -3.03. The van der Waals surface area contributed by atoms with Gasteiger partial charge in [-0.2, -0.15) is 0 Å². The summed E-state index contributed by atoms with van der Waals surface area (Å²) in [5.41, 5.74) is 5.00. The Kier molecular flexibility index (Phi) is 3.79. The third-order valence-electron chi connectivity index (χ3n) is 2.81. The molecular weight excluding hydrogens is 279 g/mol. The number of nitrogens with zero attached hydrogens (tertiary/aromatic N) is 2. The van der Waals surface area contributed by atoms with E-state index >= 15 is 0 Å². The van der Waals surface area contributed by atoms with Gasteiger partial charge >= 0.3 is 0 Å². The van der Waals surface area contributed by atoms with Gasteiger partial charge in [0.15, 0.2) is 5.82 Å². The number of nitrogens with one attached hydrogen (secondary N) is 1. The Balaban J connectivity index is 2.42. The number of carbonyl (C=O) groups is 1. The van der Waals surface area contributed by atoms with Crippen molar-refractivity contribution in [1.29, 1.82) is 0 Å². The van der Waals surface area contributed by atoms with Crippen LogP contribution in [0.15, 0.2) is 30.5 Å². The molecular formula is C13H11FN4O3. The van der Waals surface area contributed by atoms with E-state index in [1.807, 2.05) is 0 Å². The van der Waals surface area contributed by atoms with Crippen LogP contribution in [-0.4, -0.2) is 15.8 Å². The normalized spacial score (nSPS) is 10.2. The van der Waals surface area contributed by atoms with Gasteiger partial charge in [0.1, 0.15) is 5.56 Å². The second kappa shape index (κ2) is 5.53. The van der Waals surface area contributed by atoms with Crippen molar-refractivity contribution in [3.8, 4) is 0 Å². The second-order valence-corrected chi connectivity index (χ2v) is 4.24. The number of aryl methyl sites for hydroxylation is 1. The molecule has 1 aromatic heterocycles. The fourth-order valence-electron chi connectivity index (χ4n) is 1.72. The second-order valence-electron chi connectivity index (χ2n) is 4.24. The lowest BCUT2D eigenvalue weighted by Crippen LogP contribution is -2.16. The SMILES string of the molecule is Cc1ncccc1NC(=O)c1cc(N)c(F)cc1[N+](=O)[O-]. The van der Waals surface area contributed by atoms with Crippen LogP contribution in [0.4, 0.5) is 21.5 Å². The highest BCUT2D eigenvalue weighted by Crippen LogP contribution is 2.25. The summed E-state index contributed by atoms with van der Waals surface area (Å²) >= 11 is 0. The van der Waals surface area contributed by atoms with Crippen molar-refractivity contribution in [2.75, 3.05) is 11.1 Å². The number of rotatable bonds is 3. The summed E-state index contributed by atoms with van der Waals surface area (Å²) in [6.07, 6.45) is 1.54. The Morgan fingerprint density at radius 1 is 1.48 bits per heavy atom. The van der Waals surface area contributed by atoms with Gasteiger partial charge in [0.2, 0.25) is 0 Å². The number of nitro benzene ring substituents is 1. The Bertz CT molecular complexity index is 733. The maximum absolute atomic E-state index is 13.3. The molecule has 1 aromatic carbocycles. The molecule has 0 atom stereocenters. The minimum atomic E-state index is -0.948. The highest BCUT2D eigenvalue weighted by Gasteiger charge is 2.23. The Morgan fingerprint density at radius 3 is 2.81 bits per heavy atom. The van der Waals surface area contributed by atoms with E-state index in [2.05, 4.69) is 10.3 Å². The zero-order valence-electron chi connectivity index (χ0n) is 11.0. The zero-order valence-corrected chi connectivity index (χ0v) is 11.0. The smallest absolute Gasteiger partial charge is 0.285 e. The van der Waals surface area contributed by atoms with Crippen LogP contribution >= 0.6 is 0 Å². The van der Waals surface area contributed by atoms with Crippen LogP contribution < -0.4 is 11.1 Å². The van der Waals surface area contributed by atoms with Gasteiger partial charge in [0.25, 0.3) is 11.6 Å². The van der Waals surface area contributed by atoms with Crippen LogP contribution in [0.3, 0.4) is 0 Å². The molecule has 8 heteroatoms. The lowest BCUT2D eigenvalue weighted by Gasteiger charge is -2.08. The van der Waals surface area contributed by atoms with Crippen molar-refractivity contribution in [2.24, 2.45) is 0 Å². The number of hydrogen-bond acceptors (Lipinski definition) is 5. The molecule has 2 rings (SSSR count). The van der Waals surface area contributed by atoms with E-state index < -0.39 is 22.3 Å². The number of nitrogen functional groups attached to an aromatic ring is 1. The molecule has 0 saturated heterocycles. The zero-order chi connectivity index (χ0) is 15.6. The number of aromatic nitrogens is 1. The van der Waals surface area contributed by atoms with Gasteiger partial charge in [0.05, 0.1) is 28.1 Å². The molecule has 1 heterocycles. The number of nitro groups is 1. The van der Waals surface area contributed by atoms with Crippen molar-refractivity contribution in [3.05, 3.63) is 57.7 Å². The van der Waals surface area contributed by atoms with E-state index in [9.17, 15) is 19.3 Å². The Morgan fingerprint density at radius 2 is 2.19 bits per heavy atom. The molecule has 0 fully saturated rings. The monoisotopic (exact) mass is 290 g/mol. The highest BCUT2D eigenvalue weighted by molar-refractivity contribution is 6.07. The summed E-state index contributed by atoms with van der Waals surface area (Å²) in [6.45, 7) is 1.67. The average Bonchev–Trinajstić information content (AvgIpc) is 2.43. The van der Waals surface area contributed by atoms with Crippen molar-refractivity contribution in [1.82, 2.24) is 4.98 Å². The van der Waals surface area contributed by atoms with E-state index in [0.717, 1.165) is 6.07 Å². The summed E-state index contributed by atoms with van der Waals surface area (Å²) in [5, 5.41) is 13.4. The quantitative estimate of drug-likeness (QED) is 0.511. The molecule has 3 N–H and O–H groups in total. The van der Waals surface area contributed by atoms with Crippen LogP contribution in [-0.2, 0) is 0 Å². The highest BCUT2D eigenvalue weighted by atomic mass is 19.1. The largest absolute Gasteiger partial charge is 0.396 e. The fourth-order valence-corrected chi connectivity index (χ4v) is 1.72. The predicted octanol–water partition coefficient (Wildman–Crippen LogP) is 2.27. The first-order valence-electron chi connectivity index (χ1n) is 5.86. The molecule has 2 aromatic rings. The molecule has 21 heavy (non-hydrogen) atoms. The molecule has 0 aliphatic heterocycles. The summed E-state index contributed by atoms with van der Waals surface area (Å²) < 4.78 is 13.3. The molecule has 0 spiro atoms. The topological polar surface area (TPSA) is 111 Å². The number of hydrogen-bond donors (Lipinski definition) is 2. The van der Waals surface area contributed by atoms with Gasteiger partial charge in [-0.15, -0.1) is 0 Å². The van der Waals surface area contributed by atoms with Crippen molar-refractivity contribution < 1.29 is 14.1 Å². The van der Waals surface area contributed by atoms with E-state index in [-0.39, 0.29) is 11.3 Å². The summed E-state index contributed by atoms with van der Waals surface area (Å²) in [6, 6.07) is 4.77. The van der Waals surface area contributed by atoms with Gasteiger partial charge in [-0.05, 0) is 25.1 Å². The molecule has 1 amide bonds. The fraction of sp³-hybridized carbons (Fsp3) is 0.0769. The van der Waals surface area contributed by atoms with E-state index in [1.54, 1.807) is 25.3 Å². The maximum atomic E-state index is 13.3. The van der Waals surface area contributed by atoms with Crippen LogP contribution in [0.25, 0.3) is 0 Å². The number of amides is 1. The average molecular weight is 290 g/mol. The van der Waals surface area contributed by atoms with Crippen molar-refractivity contribution in [2.45, 2.75) is 6.92 Å². The molecule has 0 radical (unpaired) electrons. The molecule has 0 unspecified atom stereocenters. The van der Waals surface area contributed by atoms with Gasteiger partial charge in [-0.25, -0.2) is 4.39 Å². The van der Waals surface area contributed by atoms with Gasteiger partial charge in [0, 0.05) is 6.20 Å². The standard InChI is InChI=1S/C13H11FN4O3/c1-7-11(3-2-4-16-7)17-13(19)8-5-10(15)9(14)6-12(8)18(20)21/h2-6H,15H2,1H3,(H,17,19). The number of carbonyl (C=O) groups excluding carboxylic acids is 1.